The summed E-state index contributed by atoms with van der Waals surface area (Å²) >= 11 is 0. The summed E-state index contributed by atoms with van der Waals surface area (Å²) in [5.74, 6) is 0.454. The predicted molar refractivity (Wildman–Crippen MR) is 126 cm³/mol. The molecule has 1 aromatic heterocycles. The number of likely N-dealkylation sites (N-methyl/N-ethyl adjacent to an activating group) is 1. The molecule has 0 bridgehead atoms. The van der Waals surface area contributed by atoms with Gasteiger partial charge in [0.05, 0.1) is 16.7 Å². The number of aromatic nitrogens is 1. The maximum atomic E-state index is 13.2. The van der Waals surface area contributed by atoms with Crippen LogP contribution in [-0.4, -0.2) is 54.0 Å². The first-order chi connectivity index (χ1) is 14.6. The molecule has 2 rings (SSSR count). The molecule has 0 unspecified atom stereocenters. The highest BCUT2D eigenvalue weighted by molar-refractivity contribution is 7.48. The summed E-state index contributed by atoms with van der Waals surface area (Å²) in [7, 11) is 0.0960. The lowest BCUT2D eigenvalue weighted by Crippen LogP contribution is -2.25. The summed E-state index contributed by atoms with van der Waals surface area (Å²) in [6, 6.07) is 5.49. The number of carbonyl (C=O) groups excluding carboxylic acids is 1. The van der Waals surface area contributed by atoms with E-state index in [0.717, 1.165) is 29.4 Å². The van der Waals surface area contributed by atoms with Crippen molar-refractivity contribution in [2.75, 3.05) is 27.4 Å². The normalized spacial score (nSPS) is 13.2. The SMILES string of the molecule is CC(=O)n1cc(CCN(C)C)c2c(OCOP(=O)(OC(C)(C)C)OC(C)(C)C)cccc21. The van der Waals surface area contributed by atoms with Crippen molar-refractivity contribution in [3.05, 3.63) is 30.0 Å². The van der Waals surface area contributed by atoms with E-state index >= 15 is 0 Å². The van der Waals surface area contributed by atoms with Crippen LogP contribution in [0.2, 0.25) is 0 Å². The number of ether oxygens (including phenoxy) is 1. The first-order valence-electron chi connectivity index (χ1n) is 10.7. The molecule has 0 N–H and O–H groups in total. The number of hydrogen-bond donors (Lipinski definition) is 0. The summed E-state index contributed by atoms with van der Waals surface area (Å²) in [4.78, 5) is 14.2. The molecule has 0 amide bonds. The monoisotopic (exact) mass is 468 g/mol. The second kappa shape index (κ2) is 10.1. The molecule has 0 aliphatic heterocycles. The number of nitrogens with zero attached hydrogens (tertiary/aromatic N) is 2. The van der Waals surface area contributed by atoms with E-state index in [4.69, 9.17) is 18.3 Å². The average Bonchev–Trinajstić information content (AvgIpc) is 2.96. The van der Waals surface area contributed by atoms with Crippen molar-refractivity contribution < 1.29 is 27.7 Å². The lowest BCUT2D eigenvalue weighted by Gasteiger charge is -2.30. The molecule has 0 saturated heterocycles. The van der Waals surface area contributed by atoms with Crippen LogP contribution in [0, 0.1) is 0 Å². The minimum Gasteiger partial charge on any atom is -0.466 e. The summed E-state index contributed by atoms with van der Waals surface area (Å²) in [5, 5.41) is 0.830. The quantitative estimate of drug-likeness (QED) is 0.355. The zero-order valence-electron chi connectivity index (χ0n) is 20.7. The van der Waals surface area contributed by atoms with Crippen LogP contribution in [0.3, 0.4) is 0 Å². The average molecular weight is 469 g/mol. The largest absolute Gasteiger partial charge is 0.478 e. The molecule has 8 nitrogen and oxygen atoms in total. The Labute approximate surface area is 191 Å². The number of fused-ring (bicyclic) bond motifs is 1. The Kier molecular flexibility index (Phi) is 8.35. The lowest BCUT2D eigenvalue weighted by atomic mass is 10.1. The van der Waals surface area contributed by atoms with E-state index in [1.807, 2.05) is 32.4 Å². The first-order valence-corrected chi connectivity index (χ1v) is 12.1. The van der Waals surface area contributed by atoms with Crippen LogP contribution >= 0.6 is 7.82 Å². The van der Waals surface area contributed by atoms with Crippen LogP contribution < -0.4 is 4.74 Å². The van der Waals surface area contributed by atoms with E-state index in [2.05, 4.69) is 4.90 Å². The standard InChI is InChI=1S/C23H37N2O6P/c1-17(26)25-15-18(13-14-24(8)9)21-19(25)11-10-12-20(21)28-16-29-32(27,30-22(2,3)4)31-23(5,6)7/h10-12,15H,13-14,16H2,1-9H3. The highest BCUT2D eigenvalue weighted by atomic mass is 31.2. The van der Waals surface area contributed by atoms with Gasteiger partial charge in [0, 0.05) is 25.1 Å². The second-order valence-corrected chi connectivity index (χ2v) is 11.5. The molecule has 32 heavy (non-hydrogen) atoms. The Morgan fingerprint density at radius 2 is 1.66 bits per heavy atom. The van der Waals surface area contributed by atoms with E-state index < -0.39 is 19.0 Å². The Morgan fingerprint density at radius 3 is 2.16 bits per heavy atom. The highest BCUT2D eigenvalue weighted by Crippen LogP contribution is 2.55. The van der Waals surface area contributed by atoms with Crippen molar-refractivity contribution >= 4 is 24.6 Å². The third-order valence-corrected chi connectivity index (χ3v) is 6.20. The molecule has 9 heteroatoms. The van der Waals surface area contributed by atoms with Gasteiger partial charge in [-0.25, -0.2) is 9.09 Å². The van der Waals surface area contributed by atoms with Crippen molar-refractivity contribution in [1.29, 1.82) is 0 Å². The van der Waals surface area contributed by atoms with Crippen molar-refractivity contribution in [1.82, 2.24) is 9.47 Å². The van der Waals surface area contributed by atoms with Crippen LogP contribution in [0.1, 0.15) is 58.8 Å². The summed E-state index contributed by atoms with van der Waals surface area (Å²) in [6.45, 7) is 12.7. The van der Waals surface area contributed by atoms with Gasteiger partial charge in [-0.1, -0.05) is 6.07 Å². The van der Waals surface area contributed by atoms with E-state index in [-0.39, 0.29) is 12.7 Å². The molecular weight excluding hydrogens is 431 g/mol. The highest BCUT2D eigenvalue weighted by Gasteiger charge is 2.37. The van der Waals surface area contributed by atoms with Crippen LogP contribution in [-0.2, 0) is 24.6 Å². The van der Waals surface area contributed by atoms with Crippen molar-refractivity contribution in [3.63, 3.8) is 0 Å². The second-order valence-electron chi connectivity index (χ2n) is 9.99. The Morgan fingerprint density at radius 1 is 1.06 bits per heavy atom. The lowest BCUT2D eigenvalue weighted by molar-refractivity contribution is -0.0186. The van der Waals surface area contributed by atoms with Gasteiger partial charge < -0.3 is 9.64 Å². The third-order valence-electron chi connectivity index (χ3n) is 4.23. The minimum atomic E-state index is -3.90. The fourth-order valence-electron chi connectivity index (χ4n) is 3.14. The Balaban J connectivity index is 2.31. The Bertz CT molecular complexity index is 965. The van der Waals surface area contributed by atoms with Crippen LogP contribution in [0.4, 0.5) is 0 Å². The predicted octanol–water partition coefficient (Wildman–Crippen LogP) is 5.50. The zero-order valence-corrected chi connectivity index (χ0v) is 21.6. The molecule has 0 aliphatic rings. The first kappa shape index (κ1) is 26.6. The van der Waals surface area contributed by atoms with Crippen molar-refractivity contribution in [3.8, 4) is 5.75 Å². The molecule has 0 spiro atoms. The number of phosphoric acid groups is 1. The topological polar surface area (TPSA) is 79.2 Å². The van der Waals surface area contributed by atoms with Crippen LogP contribution in [0.15, 0.2) is 24.4 Å². The number of carbonyl (C=O) groups is 1. The van der Waals surface area contributed by atoms with Crippen molar-refractivity contribution in [2.24, 2.45) is 0 Å². The molecule has 0 atom stereocenters. The number of benzene rings is 1. The summed E-state index contributed by atoms with van der Waals surface area (Å²) < 4.78 is 37.5. The van der Waals surface area contributed by atoms with E-state index in [1.54, 1.807) is 52.2 Å². The van der Waals surface area contributed by atoms with Gasteiger partial charge in [0.15, 0.2) is 6.79 Å². The van der Waals surface area contributed by atoms with Crippen LogP contribution in [0.5, 0.6) is 5.75 Å². The summed E-state index contributed by atoms with van der Waals surface area (Å²) in [6.07, 6.45) is 2.59. The van der Waals surface area contributed by atoms with Crippen molar-refractivity contribution in [2.45, 2.75) is 66.1 Å². The van der Waals surface area contributed by atoms with Gasteiger partial charge in [0.25, 0.3) is 0 Å². The van der Waals surface area contributed by atoms with Gasteiger partial charge in [0.2, 0.25) is 5.91 Å². The fourth-order valence-corrected chi connectivity index (χ4v) is 4.81. The van der Waals surface area contributed by atoms with Gasteiger partial charge in [-0.15, -0.1) is 0 Å². The number of hydrogen-bond acceptors (Lipinski definition) is 7. The fraction of sp³-hybridized carbons (Fsp3) is 0.609. The summed E-state index contributed by atoms with van der Waals surface area (Å²) in [5.41, 5.74) is 0.265. The zero-order chi connectivity index (χ0) is 24.3. The van der Waals surface area contributed by atoms with Gasteiger partial charge >= 0.3 is 7.82 Å². The van der Waals surface area contributed by atoms with Gasteiger partial charge in [-0.3, -0.25) is 18.4 Å². The molecule has 0 aliphatic carbocycles. The van der Waals surface area contributed by atoms with Gasteiger partial charge in [-0.05, 0) is 79.8 Å². The smallest absolute Gasteiger partial charge is 0.466 e. The van der Waals surface area contributed by atoms with Gasteiger partial charge in [0.1, 0.15) is 5.75 Å². The molecule has 1 aromatic carbocycles. The Hall–Kier alpha value is -1.70. The molecule has 0 radical (unpaired) electrons. The molecule has 2 aromatic rings. The maximum Gasteiger partial charge on any atom is 0.478 e. The molecule has 1 heterocycles. The molecule has 0 fully saturated rings. The maximum absolute atomic E-state index is 13.2. The number of phosphoric ester groups is 1. The van der Waals surface area contributed by atoms with E-state index in [1.165, 1.54) is 6.92 Å². The van der Waals surface area contributed by atoms with Gasteiger partial charge in [-0.2, -0.15) is 0 Å². The minimum absolute atomic E-state index is 0.0823. The molecule has 180 valence electrons. The van der Waals surface area contributed by atoms with E-state index in [9.17, 15) is 9.36 Å². The van der Waals surface area contributed by atoms with Crippen LogP contribution in [0.25, 0.3) is 10.9 Å². The van der Waals surface area contributed by atoms with E-state index in [0.29, 0.717) is 5.75 Å². The third kappa shape index (κ3) is 7.71. The number of rotatable bonds is 9. The molecular formula is C23H37N2O6P. The molecule has 0 saturated carbocycles.